The van der Waals surface area contributed by atoms with Crippen LogP contribution < -0.4 is 5.32 Å². The monoisotopic (exact) mass is 409 g/mol. The van der Waals surface area contributed by atoms with E-state index in [9.17, 15) is 18.0 Å². The molecule has 2 atom stereocenters. The summed E-state index contributed by atoms with van der Waals surface area (Å²) in [4.78, 5) is 25.8. The van der Waals surface area contributed by atoms with Crippen LogP contribution in [0, 0.1) is 11.8 Å². The Morgan fingerprint density at radius 1 is 1.14 bits per heavy atom. The van der Waals surface area contributed by atoms with Crippen LogP contribution in [0.4, 0.5) is 0 Å². The number of nitrogens with one attached hydrogen (secondary N) is 1. The number of nitrogens with zero attached hydrogens (tertiary/aromatic N) is 2. The molecule has 0 radical (unpaired) electrons. The predicted octanol–water partition coefficient (Wildman–Crippen LogP) is 1.95. The fraction of sp³-hybridized carbons (Fsp3) is 0.600. The summed E-state index contributed by atoms with van der Waals surface area (Å²) in [5, 5.41) is 2.73. The van der Waals surface area contributed by atoms with E-state index in [-0.39, 0.29) is 29.3 Å². The number of carbonyl (C=O) groups is 2. The minimum absolute atomic E-state index is 0.000663. The van der Waals surface area contributed by atoms with Crippen molar-refractivity contribution >= 4 is 21.8 Å². The third-order valence-corrected chi connectivity index (χ3v) is 6.60. The van der Waals surface area contributed by atoms with Gasteiger partial charge in [0, 0.05) is 31.7 Å². The van der Waals surface area contributed by atoms with Gasteiger partial charge in [0.25, 0.3) is 5.91 Å². The average molecular weight is 410 g/mol. The lowest BCUT2D eigenvalue weighted by atomic mass is 9.94. The van der Waals surface area contributed by atoms with Gasteiger partial charge in [-0.05, 0) is 56.4 Å². The maximum atomic E-state index is 12.9. The van der Waals surface area contributed by atoms with E-state index < -0.39 is 10.0 Å². The van der Waals surface area contributed by atoms with Crippen LogP contribution in [-0.4, -0.2) is 62.2 Å². The summed E-state index contributed by atoms with van der Waals surface area (Å²) in [7, 11) is -2.03. The van der Waals surface area contributed by atoms with E-state index in [1.807, 2.05) is 13.8 Å². The molecule has 2 amide bonds. The van der Waals surface area contributed by atoms with Gasteiger partial charge in [-0.3, -0.25) is 9.59 Å². The van der Waals surface area contributed by atoms with Crippen LogP contribution in [0.25, 0.3) is 0 Å². The van der Waals surface area contributed by atoms with Crippen LogP contribution in [0.15, 0.2) is 29.2 Å². The summed E-state index contributed by atoms with van der Waals surface area (Å²) in [5.74, 6) is 0.0801. The Morgan fingerprint density at radius 2 is 1.68 bits per heavy atom. The number of rotatable bonds is 6. The summed E-state index contributed by atoms with van der Waals surface area (Å²) in [6.07, 6.45) is 1.02. The van der Waals surface area contributed by atoms with Crippen LogP contribution in [-0.2, 0) is 14.8 Å². The van der Waals surface area contributed by atoms with Gasteiger partial charge in [0.2, 0.25) is 15.9 Å². The van der Waals surface area contributed by atoms with E-state index >= 15 is 0 Å². The molecule has 0 unspecified atom stereocenters. The number of sulfonamides is 1. The highest BCUT2D eigenvalue weighted by Crippen LogP contribution is 2.26. The second-order valence-electron chi connectivity index (χ2n) is 8.18. The van der Waals surface area contributed by atoms with Gasteiger partial charge in [0.15, 0.2) is 0 Å². The summed E-state index contributed by atoms with van der Waals surface area (Å²) in [6.45, 7) is 8.80. The van der Waals surface area contributed by atoms with Crippen LogP contribution in [0.1, 0.15) is 44.5 Å². The predicted molar refractivity (Wildman–Crippen MR) is 108 cm³/mol. The third-order valence-electron chi connectivity index (χ3n) is 4.75. The van der Waals surface area contributed by atoms with Crippen LogP contribution in [0.3, 0.4) is 0 Å². The Hall–Kier alpha value is -1.93. The molecule has 1 aromatic rings. The molecule has 2 rings (SSSR count). The van der Waals surface area contributed by atoms with Crippen molar-refractivity contribution in [2.75, 3.05) is 26.7 Å². The molecule has 1 aliphatic rings. The largest absolute Gasteiger partial charge is 0.352 e. The zero-order valence-corrected chi connectivity index (χ0v) is 18.1. The Bertz CT molecular complexity index is 795. The smallest absolute Gasteiger partial charge is 0.254 e. The Morgan fingerprint density at radius 3 is 2.18 bits per heavy atom. The van der Waals surface area contributed by atoms with Gasteiger partial charge in [0.1, 0.15) is 0 Å². The molecule has 0 spiro atoms. The van der Waals surface area contributed by atoms with Gasteiger partial charge in [-0.2, -0.15) is 4.31 Å². The second kappa shape index (κ2) is 9.05. The van der Waals surface area contributed by atoms with Crippen LogP contribution in [0.2, 0.25) is 0 Å². The molecule has 1 saturated heterocycles. The van der Waals surface area contributed by atoms with Gasteiger partial charge < -0.3 is 10.2 Å². The normalized spacial score (nSPS) is 20.8. The number of hydrogen-bond acceptors (Lipinski definition) is 4. The molecule has 1 aliphatic heterocycles. The quantitative estimate of drug-likeness (QED) is 0.778. The van der Waals surface area contributed by atoms with Gasteiger partial charge in [-0.1, -0.05) is 13.8 Å². The molecule has 28 heavy (non-hydrogen) atoms. The standard InChI is InChI=1S/C20H31N3O4S/c1-14(2)21-19(24)13-22(5)20(25)17-6-8-18(9-7-17)28(26,27)23-11-15(3)10-16(4)12-23/h6-9,14-16H,10-13H2,1-5H3,(H,21,24)/t15-,16-/m0/s1. The summed E-state index contributed by atoms with van der Waals surface area (Å²) in [5.41, 5.74) is 0.346. The Kier molecular flexibility index (Phi) is 7.22. The minimum Gasteiger partial charge on any atom is -0.352 e. The number of amides is 2. The molecular formula is C20H31N3O4S. The fourth-order valence-corrected chi connectivity index (χ4v) is 5.28. The van der Waals surface area contributed by atoms with Crippen LogP contribution >= 0.6 is 0 Å². The number of piperidine rings is 1. The van der Waals surface area contributed by atoms with Crippen molar-refractivity contribution in [3.8, 4) is 0 Å². The van der Waals surface area contributed by atoms with E-state index in [4.69, 9.17) is 0 Å². The van der Waals surface area contributed by atoms with E-state index in [1.54, 1.807) is 7.05 Å². The van der Waals surface area contributed by atoms with E-state index in [0.29, 0.717) is 30.5 Å². The molecule has 0 bridgehead atoms. The maximum absolute atomic E-state index is 12.9. The van der Waals surface area contributed by atoms with Crippen LogP contribution in [0.5, 0.6) is 0 Å². The topological polar surface area (TPSA) is 86.8 Å². The molecule has 0 saturated carbocycles. The summed E-state index contributed by atoms with van der Waals surface area (Å²) < 4.78 is 27.4. The van der Waals surface area contributed by atoms with Crippen molar-refractivity contribution in [3.63, 3.8) is 0 Å². The lowest BCUT2D eigenvalue weighted by Crippen LogP contribution is -2.42. The molecule has 1 aromatic carbocycles. The number of benzene rings is 1. The first-order valence-corrected chi connectivity index (χ1v) is 11.1. The van der Waals surface area contributed by atoms with Crippen molar-refractivity contribution in [1.82, 2.24) is 14.5 Å². The lowest BCUT2D eigenvalue weighted by Gasteiger charge is -2.34. The molecule has 1 N–H and O–H groups in total. The minimum atomic E-state index is -3.58. The molecule has 1 fully saturated rings. The molecule has 0 aromatic heterocycles. The summed E-state index contributed by atoms with van der Waals surface area (Å²) in [6, 6.07) is 5.94. The Balaban J connectivity index is 2.09. The van der Waals surface area contributed by atoms with Gasteiger partial charge >= 0.3 is 0 Å². The maximum Gasteiger partial charge on any atom is 0.254 e. The molecular weight excluding hydrogens is 378 g/mol. The van der Waals surface area contributed by atoms with Crippen molar-refractivity contribution in [3.05, 3.63) is 29.8 Å². The third kappa shape index (κ3) is 5.54. The molecule has 7 nitrogen and oxygen atoms in total. The van der Waals surface area contributed by atoms with E-state index in [0.717, 1.165) is 6.42 Å². The highest BCUT2D eigenvalue weighted by Gasteiger charge is 2.31. The first-order chi connectivity index (χ1) is 13.0. The zero-order valence-electron chi connectivity index (χ0n) is 17.3. The molecule has 8 heteroatoms. The summed E-state index contributed by atoms with van der Waals surface area (Å²) >= 11 is 0. The highest BCUT2D eigenvalue weighted by molar-refractivity contribution is 7.89. The van der Waals surface area contributed by atoms with Gasteiger partial charge in [-0.15, -0.1) is 0 Å². The van der Waals surface area contributed by atoms with Crippen molar-refractivity contribution in [2.45, 2.75) is 45.1 Å². The van der Waals surface area contributed by atoms with Crippen molar-refractivity contribution in [2.24, 2.45) is 11.8 Å². The SMILES string of the molecule is CC(C)NC(=O)CN(C)C(=O)c1ccc(S(=O)(=O)N2C[C@@H](C)C[C@H](C)C2)cc1. The molecule has 1 heterocycles. The van der Waals surface area contributed by atoms with Gasteiger partial charge in [-0.25, -0.2) is 8.42 Å². The fourth-order valence-electron chi connectivity index (χ4n) is 3.60. The number of likely N-dealkylation sites (N-methyl/N-ethyl adjacent to an activating group) is 1. The average Bonchev–Trinajstić information content (AvgIpc) is 2.59. The highest BCUT2D eigenvalue weighted by atomic mass is 32.2. The lowest BCUT2D eigenvalue weighted by molar-refractivity contribution is -0.122. The van der Waals surface area contributed by atoms with Crippen molar-refractivity contribution < 1.29 is 18.0 Å². The van der Waals surface area contributed by atoms with Crippen molar-refractivity contribution in [1.29, 1.82) is 0 Å². The number of hydrogen-bond donors (Lipinski definition) is 1. The first kappa shape index (κ1) is 22.4. The van der Waals surface area contributed by atoms with E-state index in [2.05, 4.69) is 19.2 Å². The molecule has 156 valence electrons. The van der Waals surface area contributed by atoms with Gasteiger partial charge in [0.05, 0.1) is 11.4 Å². The molecule has 0 aliphatic carbocycles. The zero-order chi connectivity index (χ0) is 21.1. The number of carbonyl (C=O) groups excluding carboxylic acids is 2. The first-order valence-electron chi connectivity index (χ1n) is 9.65. The van der Waals surface area contributed by atoms with E-state index in [1.165, 1.54) is 33.5 Å². The Labute approximate surface area is 168 Å². The second-order valence-corrected chi connectivity index (χ2v) is 10.1.